The van der Waals surface area contributed by atoms with Crippen molar-refractivity contribution in [2.24, 2.45) is 5.73 Å². The average molecular weight is 304 g/mol. The molecule has 1 aromatic heterocycles. The second-order valence-corrected chi connectivity index (χ2v) is 5.60. The molecule has 1 nitrogen and oxygen atoms in total. The van der Waals surface area contributed by atoms with Gasteiger partial charge in [0, 0.05) is 5.56 Å². The topological polar surface area (TPSA) is 26.0 Å². The van der Waals surface area contributed by atoms with Crippen LogP contribution in [0.3, 0.4) is 0 Å². The molecule has 1 aromatic carbocycles. The highest BCUT2D eigenvalue weighted by molar-refractivity contribution is 9.11. The van der Waals surface area contributed by atoms with Gasteiger partial charge in [0.2, 0.25) is 0 Å². The predicted molar refractivity (Wildman–Crippen MR) is 64.4 cm³/mol. The van der Waals surface area contributed by atoms with Crippen molar-refractivity contribution in [3.8, 4) is 0 Å². The van der Waals surface area contributed by atoms with E-state index in [4.69, 9.17) is 5.73 Å². The normalized spacial score (nSPS) is 12.8. The summed E-state index contributed by atoms with van der Waals surface area (Å²) < 4.78 is 27.4. The van der Waals surface area contributed by atoms with Gasteiger partial charge in [0.15, 0.2) is 11.6 Å². The van der Waals surface area contributed by atoms with E-state index < -0.39 is 17.7 Å². The molecule has 0 fully saturated rings. The Balaban J connectivity index is 2.41. The van der Waals surface area contributed by atoms with Gasteiger partial charge in [-0.15, -0.1) is 11.3 Å². The Morgan fingerprint density at radius 3 is 2.69 bits per heavy atom. The lowest BCUT2D eigenvalue weighted by atomic mass is 10.0. The Labute approximate surface area is 104 Å². The molecule has 1 heterocycles. The lowest BCUT2D eigenvalue weighted by Crippen LogP contribution is -2.13. The third-order valence-electron chi connectivity index (χ3n) is 2.26. The minimum atomic E-state index is -0.877. The molecule has 0 bridgehead atoms. The predicted octanol–water partition coefficient (Wildman–Crippen LogP) is 3.84. The summed E-state index contributed by atoms with van der Waals surface area (Å²) >= 11 is 4.76. The van der Waals surface area contributed by atoms with Crippen LogP contribution in [0.2, 0.25) is 0 Å². The van der Waals surface area contributed by atoms with Crippen molar-refractivity contribution in [2.45, 2.75) is 6.04 Å². The van der Waals surface area contributed by atoms with Crippen molar-refractivity contribution in [2.75, 3.05) is 0 Å². The first-order valence-corrected chi connectivity index (χ1v) is 6.20. The van der Waals surface area contributed by atoms with Crippen molar-refractivity contribution in [1.82, 2.24) is 0 Å². The monoisotopic (exact) mass is 303 g/mol. The SMILES string of the molecule is NC(c1csc(Br)c1)c1cccc(F)c1F. The highest BCUT2D eigenvalue weighted by Crippen LogP contribution is 2.29. The van der Waals surface area contributed by atoms with E-state index in [1.165, 1.54) is 23.5 Å². The molecule has 0 spiro atoms. The molecule has 0 aliphatic carbocycles. The Hall–Kier alpha value is -0.780. The Bertz CT molecular complexity index is 512. The van der Waals surface area contributed by atoms with Gasteiger partial charge >= 0.3 is 0 Å². The van der Waals surface area contributed by atoms with Gasteiger partial charge in [0.25, 0.3) is 0 Å². The molecule has 16 heavy (non-hydrogen) atoms. The van der Waals surface area contributed by atoms with E-state index in [2.05, 4.69) is 15.9 Å². The Morgan fingerprint density at radius 1 is 1.31 bits per heavy atom. The number of benzene rings is 1. The van der Waals surface area contributed by atoms with E-state index in [0.29, 0.717) is 0 Å². The first-order chi connectivity index (χ1) is 7.59. The molecule has 0 aliphatic rings. The second kappa shape index (κ2) is 4.61. The number of thiophene rings is 1. The molecular formula is C11H8BrF2NS. The van der Waals surface area contributed by atoms with E-state index in [-0.39, 0.29) is 5.56 Å². The lowest BCUT2D eigenvalue weighted by molar-refractivity contribution is 0.494. The molecule has 1 unspecified atom stereocenters. The minimum absolute atomic E-state index is 0.172. The fraction of sp³-hybridized carbons (Fsp3) is 0.0909. The maximum Gasteiger partial charge on any atom is 0.163 e. The Morgan fingerprint density at radius 2 is 2.06 bits per heavy atom. The van der Waals surface area contributed by atoms with Crippen LogP contribution in [0.15, 0.2) is 33.4 Å². The summed E-state index contributed by atoms with van der Waals surface area (Å²) in [6, 6.07) is 5.19. The zero-order valence-corrected chi connectivity index (χ0v) is 10.5. The fourth-order valence-corrected chi connectivity index (χ4v) is 2.64. The number of rotatable bonds is 2. The van der Waals surface area contributed by atoms with Crippen molar-refractivity contribution in [3.05, 3.63) is 56.2 Å². The van der Waals surface area contributed by atoms with Gasteiger partial charge in [-0.3, -0.25) is 0 Å². The highest BCUT2D eigenvalue weighted by Gasteiger charge is 2.17. The molecule has 0 radical (unpaired) electrons. The minimum Gasteiger partial charge on any atom is -0.320 e. The van der Waals surface area contributed by atoms with Crippen LogP contribution >= 0.6 is 27.3 Å². The molecule has 0 saturated heterocycles. The zero-order chi connectivity index (χ0) is 11.7. The van der Waals surface area contributed by atoms with E-state index in [9.17, 15) is 8.78 Å². The van der Waals surface area contributed by atoms with Gasteiger partial charge in [-0.25, -0.2) is 8.78 Å². The van der Waals surface area contributed by atoms with Crippen LogP contribution in [-0.4, -0.2) is 0 Å². The van der Waals surface area contributed by atoms with Crippen LogP contribution in [0.1, 0.15) is 17.2 Å². The number of halogens is 3. The van der Waals surface area contributed by atoms with Gasteiger partial charge in [-0.05, 0) is 39.0 Å². The quantitative estimate of drug-likeness (QED) is 0.896. The fourth-order valence-electron chi connectivity index (χ4n) is 1.43. The van der Waals surface area contributed by atoms with Gasteiger partial charge in [-0.1, -0.05) is 12.1 Å². The Kier molecular flexibility index (Phi) is 3.37. The van der Waals surface area contributed by atoms with Crippen LogP contribution < -0.4 is 5.73 Å². The largest absolute Gasteiger partial charge is 0.320 e. The van der Waals surface area contributed by atoms with Crippen LogP contribution in [-0.2, 0) is 0 Å². The first kappa shape index (κ1) is 11.7. The van der Waals surface area contributed by atoms with Gasteiger partial charge < -0.3 is 5.73 Å². The van der Waals surface area contributed by atoms with Crippen molar-refractivity contribution in [3.63, 3.8) is 0 Å². The van der Waals surface area contributed by atoms with Crippen LogP contribution in [0.5, 0.6) is 0 Å². The molecule has 1 atom stereocenters. The molecule has 2 rings (SSSR count). The second-order valence-electron chi connectivity index (χ2n) is 3.30. The lowest BCUT2D eigenvalue weighted by Gasteiger charge is -2.11. The van der Waals surface area contributed by atoms with Crippen LogP contribution in [0, 0.1) is 11.6 Å². The molecule has 84 valence electrons. The summed E-state index contributed by atoms with van der Waals surface area (Å²) in [5.74, 6) is -1.75. The maximum atomic E-state index is 13.5. The maximum absolute atomic E-state index is 13.5. The highest BCUT2D eigenvalue weighted by atomic mass is 79.9. The summed E-state index contributed by atoms with van der Waals surface area (Å²) in [5.41, 5.74) is 6.82. The van der Waals surface area contributed by atoms with E-state index in [1.54, 1.807) is 6.07 Å². The van der Waals surface area contributed by atoms with E-state index in [1.807, 2.05) is 5.38 Å². The smallest absolute Gasteiger partial charge is 0.163 e. The van der Waals surface area contributed by atoms with Gasteiger partial charge in [0.1, 0.15) is 0 Å². The van der Waals surface area contributed by atoms with Crippen molar-refractivity contribution in [1.29, 1.82) is 0 Å². The van der Waals surface area contributed by atoms with Crippen molar-refractivity contribution >= 4 is 27.3 Å². The summed E-state index contributed by atoms with van der Waals surface area (Å²) in [4.78, 5) is 0. The van der Waals surface area contributed by atoms with Gasteiger partial charge in [0.05, 0.1) is 9.83 Å². The standard InChI is InChI=1S/C11H8BrF2NS/c12-9-4-6(5-16-9)11(15)7-2-1-3-8(13)10(7)14/h1-5,11H,15H2. The first-order valence-electron chi connectivity index (χ1n) is 4.53. The van der Waals surface area contributed by atoms with Gasteiger partial charge in [-0.2, -0.15) is 0 Å². The summed E-state index contributed by atoms with van der Waals surface area (Å²) in [5, 5.41) is 1.82. The average Bonchev–Trinajstić information content (AvgIpc) is 2.68. The number of hydrogen-bond donors (Lipinski definition) is 1. The summed E-state index contributed by atoms with van der Waals surface area (Å²) in [7, 11) is 0. The third-order valence-corrected chi connectivity index (χ3v) is 3.79. The van der Waals surface area contributed by atoms with Crippen LogP contribution in [0.4, 0.5) is 8.78 Å². The molecule has 0 saturated carbocycles. The zero-order valence-electron chi connectivity index (χ0n) is 8.08. The third kappa shape index (κ3) is 2.16. The van der Waals surface area contributed by atoms with E-state index in [0.717, 1.165) is 15.4 Å². The number of nitrogens with two attached hydrogens (primary N) is 1. The molecule has 0 aliphatic heterocycles. The summed E-state index contributed by atoms with van der Waals surface area (Å²) in [6.45, 7) is 0. The molecule has 2 aromatic rings. The molecule has 0 amide bonds. The van der Waals surface area contributed by atoms with Crippen molar-refractivity contribution < 1.29 is 8.78 Å². The number of hydrogen-bond acceptors (Lipinski definition) is 2. The van der Waals surface area contributed by atoms with Crippen LogP contribution in [0.25, 0.3) is 0 Å². The van der Waals surface area contributed by atoms with E-state index >= 15 is 0 Å². The molecular weight excluding hydrogens is 296 g/mol. The summed E-state index contributed by atoms with van der Waals surface area (Å²) in [6.07, 6.45) is 0. The molecule has 5 heteroatoms. The molecule has 2 N–H and O–H groups in total.